The van der Waals surface area contributed by atoms with Crippen LogP contribution in [0.2, 0.25) is 0 Å². The molecule has 1 amide bonds. The highest BCUT2D eigenvalue weighted by Crippen LogP contribution is 2.18. The third kappa shape index (κ3) is 4.47. The Morgan fingerprint density at radius 1 is 1.15 bits per heavy atom. The molecule has 6 heteroatoms. The number of carbonyl (C=O) groups excluding carboxylic acids is 1. The number of hydrogen-bond acceptors (Lipinski definition) is 5. The van der Waals surface area contributed by atoms with Crippen LogP contribution in [0.1, 0.15) is 36.2 Å². The summed E-state index contributed by atoms with van der Waals surface area (Å²) in [6, 6.07) is 17.2. The lowest BCUT2D eigenvalue weighted by atomic mass is 10.1. The van der Waals surface area contributed by atoms with Gasteiger partial charge in [-0.3, -0.25) is 4.79 Å². The van der Waals surface area contributed by atoms with Gasteiger partial charge in [0.05, 0.1) is 0 Å². The van der Waals surface area contributed by atoms with Crippen LogP contribution in [0.5, 0.6) is 0 Å². The number of carbonyl (C=O) groups is 1. The number of benzene rings is 2. The van der Waals surface area contributed by atoms with Gasteiger partial charge in [-0.05, 0) is 48.3 Å². The molecule has 1 heterocycles. The Balaban J connectivity index is 1.63. The van der Waals surface area contributed by atoms with Gasteiger partial charge in [-0.15, -0.1) is 0 Å². The third-order valence-electron chi connectivity index (χ3n) is 4.08. The fourth-order valence-corrected chi connectivity index (χ4v) is 2.41. The summed E-state index contributed by atoms with van der Waals surface area (Å²) in [5, 5.41) is 10.0. The van der Waals surface area contributed by atoms with Crippen molar-refractivity contribution in [2.24, 2.45) is 0 Å². The van der Waals surface area contributed by atoms with Gasteiger partial charge in [0.2, 0.25) is 0 Å². The molecule has 134 valence electrons. The molecule has 6 nitrogen and oxygen atoms in total. The summed E-state index contributed by atoms with van der Waals surface area (Å²) >= 11 is 0. The highest BCUT2D eigenvalue weighted by Gasteiger charge is 2.10. The van der Waals surface area contributed by atoms with Crippen LogP contribution in [-0.4, -0.2) is 22.1 Å². The number of aromatic nitrogens is 2. The molecule has 3 aromatic rings. The Hall–Kier alpha value is -3.15. The topological polar surface area (TPSA) is 80.0 Å². The number of rotatable bonds is 7. The number of amides is 1. The molecule has 0 aliphatic heterocycles. The molecule has 0 radical (unpaired) electrons. The maximum absolute atomic E-state index is 12.2. The molecule has 1 unspecified atom stereocenters. The molecule has 0 aliphatic rings. The molecular formula is C20H22N4O2. The number of nitrogens with one attached hydrogen (secondary N) is 2. The van der Waals surface area contributed by atoms with Gasteiger partial charge in [0.15, 0.2) is 0 Å². The molecule has 2 aromatic carbocycles. The van der Waals surface area contributed by atoms with Crippen molar-refractivity contribution in [1.82, 2.24) is 15.5 Å². The first-order chi connectivity index (χ1) is 12.7. The van der Waals surface area contributed by atoms with E-state index in [1.165, 1.54) is 0 Å². The molecule has 1 aromatic heterocycles. The second kappa shape index (κ2) is 8.29. The van der Waals surface area contributed by atoms with E-state index in [9.17, 15) is 4.79 Å². The normalized spacial score (nSPS) is 11.8. The smallest absolute Gasteiger partial charge is 0.264 e. The highest BCUT2D eigenvalue weighted by molar-refractivity contribution is 5.94. The summed E-state index contributed by atoms with van der Waals surface area (Å²) in [6.07, 6.45) is 0.897. The molecule has 0 saturated carbocycles. The minimum atomic E-state index is -0.0628. The molecular weight excluding hydrogens is 328 g/mol. The summed E-state index contributed by atoms with van der Waals surface area (Å²) in [5.74, 6) is 0.820. The van der Waals surface area contributed by atoms with Crippen molar-refractivity contribution in [2.75, 3.05) is 5.32 Å². The Bertz CT molecular complexity index is 861. The lowest BCUT2D eigenvalue weighted by molar-refractivity contribution is 0.0939. The first kappa shape index (κ1) is 17.7. The van der Waals surface area contributed by atoms with Crippen molar-refractivity contribution in [2.45, 2.75) is 32.9 Å². The van der Waals surface area contributed by atoms with Crippen LogP contribution < -0.4 is 10.6 Å². The lowest BCUT2D eigenvalue weighted by Gasteiger charge is -2.12. The Labute approximate surface area is 152 Å². The first-order valence-corrected chi connectivity index (χ1v) is 8.68. The van der Waals surface area contributed by atoms with E-state index < -0.39 is 0 Å². The lowest BCUT2D eigenvalue weighted by Crippen LogP contribution is -2.31. The third-order valence-corrected chi connectivity index (χ3v) is 4.08. The predicted octanol–water partition coefficient (Wildman–Crippen LogP) is 3.88. The summed E-state index contributed by atoms with van der Waals surface area (Å²) in [7, 11) is 0. The molecule has 3 rings (SSSR count). The van der Waals surface area contributed by atoms with Crippen molar-refractivity contribution in [3.05, 3.63) is 65.7 Å². The van der Waals surface area contributed by atoms with Gasteiger partial charge in [0.1, 0.15) is 0 Å². The number of anilines is 1. The molecule has 0 saturated heterocycles. The van der Waals surface area contributed by atoms with E-state index >= 15 is 0 Å². The largest absolute Gasteiger partial charge is 0.350 e. The van der Waals surface area contributed by atoms with Gasteiger partial charge < -0.3 is 15.2 Å². The maximum atomic E-state index is 12.2. The summed E-state index contributed by atoms with van der Waals surface area (Å²) in [5.41, 5.74) is 2.48. The quantitative estimate of drug-likeness (QED) is 0.676. The Morgan fingerprint density at radius 2 is 1.96 bits per heavy atom. The van der Waals surface area contributed by atoms with E-state index in [-0.39, 0.29) is 11.9 Å². The zero-order chi connectivity index (χ0) is 18.4. The van der Waals surface area contributed by atoms with Crippen molar-refractivity contribution < 1.29 is 9.32 Å². The minimum Gasteiger partial charge on any atom is -0.350 e. The standard InChI is InChI=1S/C20H22N4O2/c1-3-14(2)22-18(25)17-11-7-8-15(12-17)13-21-20-23-19(26-24-20)16-9-5-4-6-10-16/h4-12,14H,3,13H2,1-2H3,(H,21,24)(H,22,25). The summed E-state index contributed by atoms with van der Waals surface area (Å²) in [4.78, 5) is 16.6. The average molecular weight is 350 g/mol. The highest BCUT2D eigenvalue weighted by atomic mass is 16.5. The van der Waals surface area contributed by atoms with Gasteiger partial charge in [0, 0.05) is 23.7 Å². The first-order valence-electron chi connectivity index (χ1n) is 8.68. The van der Waals surface area contributed by atoms with Gasteiger partial charge >= 0.3 is 0 Å². The summed E-state index contributed by atoms with van der Waals surface area (Å²) < 4.78 is 5.27. The second-order valence-electron chi connectivity index (χ2n) is 6.13. The van der Waals surface area contributed by atoms with Crippen LogP contribution in [0.15, 0.2) is 59.1 Å². The molecule has 0 bridgehead atoms. The zero-order valence-electron chi connectivity index (χ0n) is 14.9. The van der Waals surface area contributed by atoms with Crippen LogP contribution in [0.4, 0.5) is 5.95 Å². The van der Waals surface area contributed by atoms with Crippen molar-refractivity contribution >= 4 is 11.9 Å². The Morgan fingerprint density at radius 3 is 2.73 bits per heavy atom. The van der Waals surface area contributed by atoms with E-state index in [1.54, 1.807) is 0 Å². The molecule has 0 aliphatic carbocycles. The summed E-state index contributed by atoms with van der Waals surface area (Å²) in [6.45, 7) is 4.53. The molecule has 2 N–H and O–H groups in total. The van der Waals surface area contributed by atoms with E-state index in [4.69, 9.17) is 4.52 Å². The van der Waals surface area contributed by atoms with Crippen molar-refractivity contribution in [3.63, 3.8) is 0 Å². The maximum Gasteiger partial charge on any atom is 0.264 e. The fourth-order valence-electron chi connectivity index (χ4n) is 2.41. The van der Waals surface area contributed by atoms with Crippen LogP contribution in [-0.2, 0) is 6.54 Å². The number of hydrogen-bond donors (Lipinski definition) is 2. The number of nitrogens with zero attached hydrogens (tertiary/aromatic N) is 2. The van der Waals surface area contributed by atoms with Crippen LogP contribution in [0, 0.1) is 0 Å². The minimum absolute atomic E-state index is 0.0628. The van der Waals surface area contributed by atoms with E-state index in [0.717, 1.165) is 17.5 Å². The van der Waals surface area contributed by atoms with Gasteiger partial charge in [-0.25, -0.2) is 0 Å². The van der Waals surface area contributed by atoms with Gasteiger partial charge in [-0.1, -0.05) is 37.3 Å². The van der Waals surface area contributed by atoms with Crippen molar-refractivity contribution in [1.29, 1.82) is 0 Å². The van der Waals surface area contributed by atoms with Gasteiger partial charge in [-0.2, -0.15) is 4.98 Å². The average Bonchev–Trinajstić information content (AvgIpc) is 3.16. The van der Waals surface area contributed by atoms with Crippen LogP contribution in [0.3, 0.4) is 0 Å². The van der Waals surface area contributed by atoms with Crippen LogP contribution >= 0.6 is 0 Å². The fraction of sp³-hybridized carbons (Fsp3) is 0.250. The van der Waals surface area contributed by atoms with E-state index in [2.05, 4.69) is 20.8 Å². The molecule has 26 heavy (non-hydrogen) atoms. The van der Waals surface area contributed by atoms with Gasteiger partial charge in [0.25, 0.3) is 17.7 Å². The molecule has 0 spiro atoms. The second-order valence-corrected chi connectivity index (χ2v) is 6.13. The zero-order valence-corrected chi connectivity index (χ0v) is 14.9. The van der Waals surface area contributed by atoms with E-state index in [1.807, 2.05) is 68.4 Å². The Kier molecular flexibility index (Phi) is 5.63. The van der Waals surface area contributed by atoms with E-state index in [0.29, 0.717) is 23.9 Å². The monoisotopic (exact) mass is 350 g/mol. The predicted molar refractivity (Wildman–Crippen MR) is 101 cm³/mol. The van der Waals surface area contributed by atoms with Crippen LogP contribution in [0.25, 0.3) is 11.5 Å². The molecule has 0 fully saturated rings. The molecule has 1 atom stereocenters. The van der Waals surface area contributed by atoms with Crippen molar-refractivity contribution in [3.8, 4) is 11.5 Å². The SMILES string of the molecule is CCC(C)NC(=O)c1cccc(CNc2noc(-c3ccccc3)n2)c1.